The standard InChI is InChI=1S/C14H19BrN4O2/c15-13-3-2-11-12(16-13)10-19(14(20)17-11)5-1-4-18-6-8-21-9-7-18/h2-3H,1,4-10H2,(H,17,20). The van der Waals surface area contributed by atoms with Crippen LogP contribution in [0.15, 0.2) is 16.7 Å². The van der Waals surface area contributed by atoms with E-state index in [4.69, 9.17) is 4.74 Å². The first-order valence-corrected chi connectivity index (χ1v) is 8.03. The summed E-state index contributed by atoms with van der Waals surface area (Å²) in [6, 6.07) is 3.69. The summed E-state index contributed by atoms with van der Waals surface area (Å²) in [6.07, 6.45) is 0.969. The summed E-state index contributed by atoms with van der Waals surface area (Å²) < 4.78 is 6.13. The summed E-state index contributed by atoms with van der Waals surface area (Å²) in [7, 11) is 0. The molecule has 1 fully saturated rings. The van der Waals surface area contributed by atoms with Crippen molar-refractivity contribution < 1.29 is 9.53 Å². The fourth-order valence-electron chi connectivity index (χ4n) is 2.65. The summed E-state index contributed by atoms with van der Waals surface area (Å²) in [5.74, 6) is 0. The summed E-state index contributed by atoms with van der Waals surface area (Å²) >= 11 is 3.37. The highest BCUT2D eigenvalue weighted by atomic mass is 79.9. The van der Waals surface area contributed by atoms with Crippen molar-refractivity contribution in [1.82, 2.24) is 14.8 Å². The van der Waals surface area contributed by atoms with E-state index in [2.05, 4.69) is 31.1 Å². The largest absolute Gasteiger partial charge is 0.379 e. The number of ether oxygens (including phenoxy) is 1. The molecule has 1 aromatic rings. The number of morpholine rings is 1. The van der Waals surface area contributed by atoms with Crippen LogP contribution in [0.5, 0.6) is 0 Å². The second kappa shape index (κ2) is 6.72. The van der Waals surface area contributed by atoms with E-state index < -0.39 is 0 Å². The molecule has 2 amide bonds. The molecule has 6 nitrogen and oxygen atoms in total. The van der Waals surface area contributed by atoms with Crippen molar-refractivity contribution in [2.24, 2.45) is 0 Å². The number of anilines is 1. The number of halogens is 1. The van der Waals surface area contributed by atoms with Crippen molar-refractivity contribution in [3.63, 3.8) is 0 Å². The Balaban J connectivity index is 1.52. The lowest BCUT2D eigenvalue weighted by atomic mass is 10.2. The highest BCUT2D eigenvalue weighted by molar-refractivity contribution is 9.10. The molecule has 7 heteroatoms. The fraction of sp³-hybridized carbons (Fsp3) is 0.571. The molecule has 0 bridgehead atoms. The second-order valence-corrected chi connectivity index (χ2v) is 6.10. The highest BCUT2D eigenvalue weighted by Gasteiger charge is 2.23. The van der Waals surface area contributed by atoms with E-state index in [0.717, 1.165) is 61.8 Å². The molecule has 21 heavy (non-hydrogen) atoms. The Bertz CT molecular complexity index is 520. The van der Waals surface area contributed by atoms with Gasteiger partial charge < -0.3 is 15.0 Å². The van der Waals surface area contributed by atoms with E-state index in [1.54, 1.807) is 0 Å². The smallest absolute Gasteiger partial charge is 0.322 e. The first-order valence-electron chi connectivity index (χ1n) is 7.24. The summed E-state index contributed by atoms with van der Waals surface area (Å²) in [5.41, 5.74) is 1.72. The van der Waals surface area contributed by atoms with Gasteiger partial charge in [0, 0.05) is 26.2 Å². The lowest BCUT2D eigenvalue weighted by Crippen LogP contribution is -2.42. The van der Waals surface area contributed by atoms with Crippen LogP contribution in [-0.2, 0) is 11.3 Å². The summed E-state index contributed by atoms with van der Waals surface area (Å²) in [6.45, 7) is 5.94. The molecule has 0 unspecified atom stereocenters. The maximum absolute atomic E-state index is 12.1. The molecule has 1 N–H and O–H groups in total. The number of carbonyl (C=O) groups excluding carboxylic acids is 1. The monoisotopic (exact) mass is 354 g/mol. The van der Waals surface area contributed by atoms with Crippen LogP contribution >= 0.6 is 15.9 Å². The zero-order chi connectivity index (χ0) is 14.7. The zero-order valence-electron chi connectivity index (χ0n) is 11.8. The van der Waals surface area contributed by atoms with Crippen molar-refractivity contribution in [1.29, 1.82) is 0 Å². The number of hydrogen-bond acceptors (Lipinski definition) is 4. The maximum atomic E-state index is 12.1. The number of hydrogen-bond donors (Lipinski definition) is 1. The minimum Gasteiger partial charge on any atom is -0.379 e. The molecule has 3 heterocycles. The molecule has 1 aromatic heterocycles. The first-order chi connectivity index (χ1) is 10.2. The molecular weight excluding hydrogens is 336 g/mol. The number of nitrogens with one attached hydrogen (secondary N) is 1. The van der Waals surface area contributed by atoms with Crippen LogP contribution in [0.2, 0.25) is 0 Å². The second-order valence-electron chi connectivity index (χ2n) is 5.29. The van der Waals surface area contributed by atoms with E-state index in [-0.39, 0.29) is 6.03 Å². The van der Waals surface area contributed by atoms with E-state index in [1.807, 2.05) is 17.0 Å². The Kier molecular flexibility index (Phi) is 4.72. The fourth-order valence-corrected chi connectivity index (χ4v) is 2.99. The number of nitrogens with zero attached hydrogens (tertiary/aromatic N) is 3. The number of amides is 2. The Hall–Kier alpha value is -1.18. The van der Waals surface area contributed by atoms with Crippen LogP contribution in [0.25, 0.3) is 0 Å². The third-order valence-corrected chi connectivity index (χ3v) is 4.26. The van der Waals surface area contributed by atoms with E-state index in [0.29, 0.717) is 6.54 Å². The number of pyridine rings is 1. The molecule has 0 radical (unpaired) electrons. The molecule has 2 aliphatic heterocycles. The average Bonchev–Trinajstić information content (AvgIpc) is 2.49. The van der Waals surface area contributed by atoms with E-state index >= 15 is 0 Å². The van der Waals surface area contributed by atoms with Gasteiger partial charge in [0.05, 0.1) is 31.1 Å². The highest BCUT2D eigenvalue weighted by Crippen LogP contribution is 2.23. The van der Waals surface area contributed by atoms with Crippen LogP contribution < -0.4 is 5.32 Å². The molecule has 0 aromatic carbocycles. The minimum absolute atomic E-state index is 0.0337. The normalized spacial score (nSPS) is 19.3. The molecule has 3 rings (SSSR count). The third kappa shape index (κ3) is 3.72. The predicted molar refractivity (Wildman–Crippen MR) is 83.2 cm³/mol. The lowest BCUT2D eigenvalue weighted by Gasteiger charge is -2.30. The molecule has 0 aliphatic carbocycles. The minimum atomic E-state index is -0.0337. The van der Waals surface area contributed by atoms with Gasteiger partial charge in [0.2, 0.25) is 0 Å². The Morgan fingerprint density at radius 1 is 1.29 bits per heavy atom. The van der Waals surface area contributed by atoms with Crippen LogP contribution in [0.4, 0.5) is 10.5 Å². The molecule has 2 aliphatic rings. The van der Waals surface area contributed by atoms with Crippen molar-refractivity contribution in [2.75, 3.05) is 44.7 Å². The summed E-state index contributed by atoms with van der Waals surface area (Å²) in [4.78, 5) is 20.7. The number of carbonyl (C=O) groups is 1. The van der Waals surface area contributed by atoms with Crippen LogP contribution in [0.3, 0.4) is 0 Å². The molecule has 0 atom stereocenters. The first kappa shape index (κ1) is 14.7. The van der Waals surface area contributed by atoms with Gasteiger partial charge in [-0.1, -0.05) is 0 Å². The van der Waals surface area contributed by atoms with Crippen LogP contribution in [-0.4, -0.2) is 60.2 Å². The van der Waals surface area contributed by atoms with E-state index in [1.165, 1.54) is 0 Å². The summed E-state index contributed by atoms with van der Waals surface area (Å²) in [5, 5.41) is 2.90. The number of rotatable bonds is 4. The van der Waals surface area contributed by atoms with Crippen LogP contribution in [0.1, 0.15) is 12.1 Å². The van der Waals surface area contributed by atoms with Crippen molar-refractivity contribution in [2.45, 2.75) is 13.0 Å². The quantitative estimate of drug-likeness (QED) is 0.839. The number of fused-ring (bicyclic) bond motifs is 1. The molecule has 0 spiro atoms. The maximum Gasteiger partial charge on any atom is 0.322 e. The van der Waals surface area contributed by atoms with Gasteiger partial charge >= 0.3 is 6.03 Å². The van der Waals surface area contributed by atoms with Gasteiger partial charge in [0.15, 0.2) is 0 Å². The molecule has 0 saturated carbocycles. The van der Waals surface area contributed by atoms with Gasteiger partial charge in [0.1, 0.15) is 4.60 Å². The van der Waals surface area contributed by atoms with Crippen LogP contribution in [0, 0.1) is 0 Å². The average molecular weight is 355 g/mol. The number of urea groups is 1. The Morgan fingerprint density at radius 2 is 2.10 bits per heavy atom. The Labute approximate surface area is 132 Å². The zero-order valence-corrected chi connectivity index (χ0v) is 13.4. The lowest BCUT2D eigenvalue weighted by molar-refractivity contribution is 0.0365. The van der Waals surface area contributed by atoms with Gasteiger partial charge in [-0.3, -0.25) is 4.90 Å². The van der Waals surface area contributed by atoms with Gasteiger partial charge in [-0.05, 0) is 34.5 Å². The van der Waals surface area contributed by atoms with Gasteiger partial charge in [0.25, 0.3) is 0 Å². The molecular formula is C14H19BrN4O2. The SMILES string of the molecule is O=C1Nc2ccc(Br)nc2CN1CCCN1CCOCC1. The molecule has 114 valence electrons. The Morgan fingerprint density at radius 3 is 2.90 bits per heavy atom. The number of aromatic nitrogens is 1. The van der Waals surface area contributed by atoms with Crippen molar-refractivity contribution in [3.05, 3.63) is 22.4 Å². The van der Waals surface area contributed by atoms with E-state index in [9.17, 15) is 4.79 Å². The van der Waals surface area contributed by atoms with Gasteiger partial charge in [-0.15, -0.1) is 0 Å². The topological polar surface area (TPSA) is 57.7 Å². The third-order valence-electron chi connectivity index (χ3n) is 3.82. The molecule has 1 saturated heterocycles. The van der Waals surface area contributed by atoms with Crippen molar-refractivity contribution in [3.8, 4) is 0 Å². The van der Waals surface area contributed by atoms with Gasteiger partial charge in [-0.25, -0.2) is 9.78 Å². The predicted octanol–water partition coefficient (Wildman–Crippen LogP) is 1.91. The van der Waals surface area contributed by atoms with Gasteiger partial charge in [-0.2, -0.15) is 0 Å². The van der Waals surface area contributed by atoms with Crippen molar-refractivity contribution >= 4 is 27.6 Å².